The van der Waals surface area contributed by atoms with Crippen LogP contribution in [0.4, 0.5) is 0 Å². The molecule has 0 fully saturated rings. The second-order valence-corrected chi connectivity index (χ2v) is 5.48. The van der Waals surface area contributed by atoms with E-state index in [0.29, 0.717) is 28.5 Å². The summed E-state index contributed by atoms with van der Waals surface area (Å²) in [5.41, 5.74) is 1.61. The number of carboxylic acids is 1. The standard InChI is InChI=1S/C18H18N2O5/c1-20-17(11-5-4-6-12(7-11)18(21)22)25-16(19-20)13-8-14(23-2)10-15(9-13)24-3/h4-10,17H,1-3H3,(H,21,22). The first-order valence-corrected chi connectivity index (χ1v) is 7.56. The van der Waals surface area contributed by atoms with Gasteiger partial charge in [0.25, 0.3) is 0 Å². The maximum Gasteiger partial charge on any atom is 0.335 e. The first kappa shape index (κ1) is 16.6. The Morgan fingerprint density at radius 3 is 2.44 bits per heavy atom. The van der Waals surface area contributed by atoms with Crippen molar-refractivity contribution in [2.75, 3.05) is 21.3 Å². The van der Waals surface area contributed by atoms with Crippen molar-refractivity contribution in [3.63, 3.8) is 0 Å². The third kappa shape index (κ3) is 3.35. The molecule has 0 saturated heterocycles. The van der Waals surface area contributed by atoms with Gasteiger partial charge in [-0.2, -0.15) is 0 Å². The Bertz CT molecular complexity index is 812. The van der Waals surface area contributed by atoms with E-state index in [1.165, 1.54) is 6.07 Å². The zero-order valence-electron chi connectivity index (χ0n) is 14.1. The number of carboxylic acid groups (broad SMARTS) is 1. The van der Waals surface area contributed by atoms with Crippen LogP contribution in [0.15, 0.2) is 47.6 Å². The number of methoxy groups -OCH3 is 2. The first-order chi connectivity index (χ1) is 12.0. The zero-order valence-corrected chi connectivity index (χ0v) is 14.1. The van der Waals surface area contributed by atoms with Crippen LogP contribution >= 0.6 is 0 Å². The van der Waals surface area contributed by atoms with E-state index in [1.807, 2.05) is 0 Å². The molecule has 3 rings (SSSR count). The highest BCUT2D eigenvalue weighted by Crippen LogP contribution is 2.31. The molecule has 0 radical (unpaired) electrons. The average Bonchev–Trinajstić information content (AvgIpc) is 3.03. The molecule has 2 aromatic rings. The Hall–Kier alpha value is -3.22. The molecule has 0 bridgehead atoms. The molecule has 1 heterocycles. The summed E-state index contributed by atoms with van der Waals surface area (Å²) < 4.78 is 16.5. The van der Waals surface area contributed by atoms with Gasteiger partial charge in [0.15, 0.2) is 0 Å². The van der Waals surface area contributed by atoms with E-state index in [9.17, 15) is 4.79 Å². The van der Waals surface area contributed by atoms with Crippen molar-refractivity contribution in [1.82, 2.24) is 5.01 Å². The summed E-state index contributed by atoms with van der Waals surface area (Å²) in [7, 11) is 4.91. The van der Waals surface area contributed by atoms with Crippen molar-refractivity contribution in [3.8, 4) is 11.5 Å². The van der Waals surface area contributed by atoms with Gasteiger partial charge in [0, 0.05) is 24.2 Å². The van der Waals surface area contributed by atoms with Crippen LogP contribution in [0.5, 0.6) is 11.5 Å². The van der Waals surface area contributed by atoms with Crippen LogP contribution in [-0.2, 0) is 4.74 Å². The van der Waals surface area contributed by atoms with Crippen molar-refractivity contribution < 1.29 is 24.1 Å². The minimum Gasteiger partial charge on any atom is -0.497 e. The Morgan fingerprint density at radius 2 is 1.84 bits per heavy atom. The highest BCUT2D eigenvalue weighted by molar-refractivity contribution is 5.95. The monoisotopic (exact) mass is 342 g/mol. The molecule has 2 aromatic carbocycles. The fraction of sp³-hybridized carbons (Fsp3) is 0.222. The number of nitrogens with zero attached hydrogens (tertiary/aromatic N) is 2. The quantitative estimate of drug-likeness (QED) is 0.900. The topological polar surface area (TPSA) is 80.6 Å². The van der Waals surface area contributed by atoms with Gasteiger partial charge >= 0.3 is 5.97 Å². The fourth-order valence-electron chi connectivity index (χ4n) is 2.57. The van der Waals surface area contributed by atoms with E-state index in [2.05, 4.69) is 5.10 Å². The number of aromatic carboxylic acids is 1. The van der Waals surface area contributed by atoms with Crippen LogP contribution in [0.3, 0.4) is 0 Å². The van der Waals surface area contributed by atoms with E-state index in [0.717, 1.165) is 0 Å². The minimum atomic E-state index is -0.985. The van der Waals surface area contributed by atoms with E-state index in [-0.39, 0.29) is 5.56 Å². The number of carbonyl (C=O) groups is 1. The van der Waals surface area contributed by atoms with Gasteiger partial charge in [-0.05, 0) is 24.3 Å². The van der Waals surface area contributed by atoms with Crippen molar-refractivity contribution >= 4 is 11.9 Å². The van der Waals surface area contributed by atoms with Gasteiger partial charge in [0.05, 0.1) is 19.8 Å². The average molecular weight is 342 g/mol. The normalized spacial score (nSPS) is 16.2. The molecule has 0 amide bonds. The molecular formula is C18H18N2O5. The van der Waals surface area contributed by atoms with Gasteiger partial charge in [-0.3, -0.25) is 5.01 Å². The number of hydrogen-bond acceptors (Lipinski definition) is 6. The molecule has 1 unspecified atom stereocenters. The fourth-order valence-corrected chi connectivity index (χ4v) is 2.57. The molecule has 1 aliphatic rings. The number of rotatable bonds is 5. The van der Waals surface area contributed by atoms with Crippen LogP contribution in [0.1, 0.15) is 27.7 Å². The van der Waals surface area contributed by atoms with Gasteiger partial charge in [-0.1, -0.05) is 12.1 Å². The third-order valence-electron chi connectivity index (χ3n) is 3.83. The molecule has 130 valence electrons. The summed E-state index contributed by atoms with van der Waals surface area (Å²) >= 11 is 0. The second-order valence-electron chi connectivity index (χ2n) is 5.48. The van der Waals surface area contributed by atoms with Crippen LogP contribution < -0.4 is 9.47 Å². The predicted molar refractivity (Wildman–Crippen MR) is 91.1 cm³/mol. The number of hydrazone groups is 1. The predicted octanol–water partition coefficient (Wildman–Crippen LogP) is 2.72. The number of benzene rings is 2. The maximum atomic E-state index is 11.2. The molecule has 7 heteroatoms. The summed E-state index contributed by atoms with van der Waals surface area (Å²) in [6.45, 7) is 0. The molecule has 0 aliphatic carbocycles. The number of ether oxygens (including phenoxy) is 3. The first-order valence-electron chi connectivity index (χ1n) is 7.56. The summed E-state index contributed by atoms with van der Waals surface area (Å²) in [4.78, 5) is 11.2. The molecule has 0 aromatic heterocycles. The lowest BCUT2D eigenvalue weighted by Gasteiger charge is -2.18. The molecule has 0 saturated carbocycles. The van der Waals surface area contributed by atoms with Gasteiger partial charge in [-0.15, -0.1) is 5.10 Å². The lowest BCUT2D eigenvalue weighted by molar-refractivity contribution is 0.0691. The van der Waals surface area contributed by atoms with Crippen LogP contribution in [0, 0.1) is 0 Å². The molecule has 25 heavy (non-hydrogen) atoms. The third-order valence-corrected chi connectivity index (χ3v) is 3.83. The summed E-state index contributed by atoms with van der Waals surface area (Å²) in [6.07, 6.45) is -0.508. The molecular weight excluding hydrogens is 324 g/mol. The van der Waals surface area contributed by atoms with Crippen molar-refractivity contribution in [3.05, 3.63) is 59.2 Å². The van der Waals surface area contributed by atoms with E-state index in [1.54, 1.807) is 62.7 Å². The highest BCUT2D eigenvalue weighted by Gasteiger charge is 2.28. The van der Waals surface area contributed by atoms with Gasteiger partial charge in [0.1, 0.15) is 11.5 Å². The van der Waals surface area contributed by atoms with Crippen LogP contribution in [-0.4, -0.2) is 43.2 Å². The Kier molecular flexibility index (Phi) is 4.47. The van der Waals surface area contributed by atoms with Crippen molar-refractivity contribution in [2.24, 2.45) is 5.10 Å². The van der Waals surface area contributed by atoms with E-state index in [4.69, 9.17) is 19.3 Å². The van der Waals surface area contributed by atoms with E-state index < -0.39 is 12.2 Å². The summed E-state index contributed by atoms with van der Waals surface area (Å²) in [5.74, 6) is 0.672. The zero-order chi connectivity index (χ0) is 18.0. The van der Waals surface area contributed by atoms with Crippen LogP contribution in [0.25, 0.3) is 0 Å². The molecule has 1 aliphatic heterocycles. The maximum absolute atomic E-state index is 11.2. The molecule has 1 N–H and O–H groups in total. The Balaban J connectivity index is 1.89. The van der Waals surface area contributed by atoms with Gasteiger partial charge < -0.3 is 19.3 Å². The highest BCUT2D eigenvalue weighted by atomic mass is 16.5. The van der Waals surface area contributed by atoms with Crippen molar-refractivity contribution in [1.29, 1.82) is 0 Å². The van der Waals surface area contributed by atoms with Crippen LogP contribution in [0.2, 0.25) is 0 Å². The Morgan fingerprint density at radius 1 is 1.16 bits per heavy atom. The second kappa shape index (κ2) is 6.72. The molecule has 1 atom stereocenters. The molecule has 0 spiro atoms. The smallest absolute Gasteiger partial charge is 0.335 e. The van der Waals surface area contributed by atoms with Gasteiger partial charge in [-0.25, -0.2) is 4.79 Å². The summed E-state index contributed by atoms with van der Waals surface area (Å²) in [6, 6.07) is 12.0. The Labute approximate surface area is 145 Å². The van der Waals surface area contributed by atoms with Gasteiger partial charge in [0.2, 0.25) is 12.1 Å². The SMILES string of the molecule is COc1cc(OC)cc(C2=NN(C)C(c3cccc(C(=O)O)c3)O2)c1. The summed E-state index contributed by atoms with van der Waals surface area (Å²) in [5, 5.41) is 15.2. The number of hydrogen-bond donors (Lipinski definition) is 1. The van der Waals surface area contributed by atoms with Crippen molar-refractivity contribution in [2.45, 2.75) is 6.23 Å². The lowest BCUT2D eigenvalue weighted by atomic mass is 10.1. The minimum absolute atomic E-state index is 0.200. The van der Waals surface area contributed by atoms with E-state index >= 15 is 0 Å². The largest absolute Gasteiger partial charge is 0.497 e. The molecule has 7 nitrogen and oxygen atoms in total. The lowest BCUT2D eigenvalue weighted by Crippen LogP contribution is -2.16.